The highest BCUT2D eigenvalue weighted by Gasteiger charge is 2.14. The van der Waals surface area contributed by atoms with Gasteiger partial charge in [0.05, 0.1) is 23.7 Å². The summed E-state index contributed by atoms with van der Waals surface area (Å²) in [5.74, 6) is 0.944. The molecule has 0 bridgehead atoms. The number of halogens is 2. The van der Waals surface area contributed by atoms with Crippen molar-refractivity contribution in [3.8, 4) is 5.75 Å². The molecular formula is C17H15Cl2N3O2S. The van der Waals surface area contributed by atoms with Gasteiger partial charge < -0.3 is 4.74 Å². The number of benzene rings is 1. The molecule has 0 fully saturated rings. The SMILES string of the molecule is COc1c(Cl)cc(Cl)cc1/C=N/n1c(C)nc2sc(C)c(C)c2c1=O. The van der Waals surface area contributed by atoms with Crippen LogP contribution in [-0.4, -0.2) is 23.0 Å². The van der Waals surface area contributed by atoms with Crippen LogP contribution in [0.15, 0.2) is 22.0 Å². The Balaban J connectivity index is 2.17. The molecule has 0 radical (unpaired) electrons. The van der Waals surface area contributed by atoms with Gasteiger partial charge in [0, 0.05) is 15.5 Å². The first-order chi connectivity index (χ1) is 11.8. The fraction of sp³-hybridized carbons (Fsp3) is 0.235. The molecule has 0 saturated carbocycles. The number of methoxy groups -OCH3 is 1. The van der Waals surface area contributed by atoms with Crippen molar-refractivity contribution in [3.05, 3.63) is 54.4 Å². The zero-order chi connectivity index (χ0) is 18.3. The van der Waals surface area contributed by atoms with Crippen LogP contribution in [0.1, 0.15) is 21.8 Å². The average Bonchev–Trinajstić information content (AvgIpc) is 2.81. The maximum atomic E-state index is 12.8. The minimum absolute atomic E-state index is 0.201. The molecule has 0 N–H and O–H groups in total. The minimum Gasteiger partial charge on any atom is -0.495 e. The maximum absolute atomic E-state index is 12.8. The lowest BCUT2D eigenvalue weighted by molar-refractivity contribution is 0.414. The highest BCUT2D eigenvalue weighted by molar-refractivity contribution is 7.18. The van der Waals surface area contributed by atoms with Gasteiger partial charge in [0.2, 0.25) is 0 Å². The Labute approximate surface area is 158 Å². The number of thiophene rings is 1. The van der Waals surface area contributed by atoms with E-state index in [1.165, 1.54) is 29.3 Å². The number of hydrogen-bond acceptors (Lipinski definition) is 5. The molecule has 0 unspecified atom stereocenters. The van der Waals surface area contributed by atoms with Crippen molar-refractivity contribution >= 4 is 51.0 Å². The van der Waals surface area contributed by atoms with E-state index in [0.717, 1.165) is 15.3 Å². The predicted molar refractivity (Wildman–Crippen MR) is 104 cm³/mol. The third-order valence-electron chi connectivity index (χ3n) is 3.90. The molecule has 1 aromatic carbocycles. The van der Waals surface area contributed by atoms with Gasteiger partial charge in [-0.05, 0) is 38.5 Å². The number of aryl methyl sites for hydroxylation is 3. The maximum Gasteiger partial charge on any atom is 0.283 e. The molecule has 3 rings (SSSR count). The second-order valence-corrected chi connectivity index (χ2v) is 7.54. The first-order valence-corrected chi connectivity index (χ1v) is 8.97. The number of rotatable bonds is 3. The van der Waals surface area contributed by atoms with Crippen LogP contribution in [0.3, 0.4) is 0 Å². The smallest absolute Gasteiger partial charge is 0.283 e. The third kappa shape index (κ3) is 3.17. The highest BCUT2D eigenvalue weighted by Crippen LogP contribution is 2.31. The van der Waals surface area contributed by atoms with Crippen molar-refractivity contribution in [1.82, 2.24) is 9.66 Å². The molecule has 130 valence electrons. The molecule has 0 atom stereocenters. The van der Waals surface area contributed by atoms with E-state index in [1.54, 1.807) is 19.1 Å². The third-order valence-corrected chi connectivity index (χ3v) is 5.50. The first-order valence-electron chi connectivity index (χ1n) is 7.40. The number of fused-ring (bicyclic) bond motifs is 1. The molecule has 3 aromatic rings. The van der Waals surface area contributed by atoms with Gasteiger partial charge in [-0.2, -0.15) is 9.78 Å². The van der Waals surface area contributed by atoms with Crippen LogP contribution in [-0.2, 0) is 0 Å². The summed E-state index contributed by atoms with van der Waals surface area (Å²) in [6, 6.07) is 3.25. The molecule has 0 spiro atoms. The lowest BCUT2D eigenvalue weighted by Crippen LogP contribution is -2.20. The fourth-order valence-electron chi connectivity index (χ4n) is 2.53. The van der Waals surface area contributed by atoms with Crippen molar-refractivity contribution in [3.63, 3.8) is 0 Å². The van der Waals surface area contributed by atoms with E-state index in [9.17, 15) is 4.79 Å². The topological polar surface area (TPSA) is 56.5 Å². The molecule has 0 amide bonds. The molecule has 0 saturated heterocycles. The molecule has 2 aromatic heterocycles. The molecule has 5 nitrogen and oxygen atoms in total. The molecule has 2 heterocycles. The van der Waals surface area contributed by atoms with Crippen molar-refractivity contribution in [2.75, 3.05) is 7.11 Å². The van der Waals surface area contributed by atoms with Gasteiger partial charge in [-0.15, -0.1) is 11.3 Å². The summed E-state index contributed by atoms with van der Waals surface area (Å²) >= 11 is 13.7. The van der Waals surface area contributed by atoms with E-state index in [1.807, 2.05) is 13.8 Å². The highest BCUT2D eigenvalue weighted by atomic mass is 35.5. The molecule has 8 heteroatoms. The van der Waals surface area contributed by atoms with Crippen LogP contribution >= 0.6 is 34.5 Å². The summed E-state index contributed by atoms with van der Waals surface area (Å²) in [7, 11) is 1.51. The molecule has 0 aliphatic rings. The number of nitrogens with zero attached hydrogens (tertiary/aromatic N) is 3. The monoisotopic (exact) mass is 395 g/mol. The van der Waals surface area contributed by atoms with E-state index in [2.05, 4.69) is 10.1 Å². The van der Waals surface area contributed by atoms with Crippen LogP contribution in [0.5, 0.6) is 5.75 Å². The van der Waals surface area contributed by atoms with Crippen LogP contribution in [0.2, 0.25) is 10.0 Å². The van der Waals surface area contributed by atoms with Gasteiger partial charge in [-0.1, -0.05) is 23.2 Å². The van der Waals surface area contributed by atoms with Crippen molar-refractivity contribution in [1.29, 1.82) is 0 Å². The van der Waals surface area contributed by atoms with E-state index >= 15 is 0 Å². The van der Waals surface area contributed by atoms with E-state index < -0.39 is 0 Å². The van der Waals surface area contributed by atoms with Crippen molar-refractivity contribution in [2.45, 2.75) is 20.8 Å². The van der Waals surface area contributed by atoms with Gasteiger partial charge in [0.25, 0.3) is 5.56 Å². The Hall–Kier alpha value is -1.89. The van der Waals surface area contributed by atoms with Crippen LogP contribution < -0.4 is 10.3 Å². The molecular weight excluding hydrogens is 381 g/mol. The lowest BCUT2D eigenvalue weighted by Gasteiger charge is -2.08. The van der Waals surface area contributed by atoms with Crippen molar-refractivity contribution < 1.29 is 4.74 Å². The lowest BCUT2D eigenvalue weighted by atomic mass is 10.2. The summed E-state index contributed by atoms with van der Waals surface area (Å²) in [6.07, 6.45) is 1.49. The van der Waals surface area contributed by atoms with Crippen molar-refractivity contribution in [2.24, 2.45) is 5.10 Å². The van der Waals surface area contributed by atoms with E-state index in [0.29, 0.717) is 32.6 Å². The van der Waals surface area contributed by atoms with Gasteiger partial charge in [0.15, 0.2) is 0 Å². The second kappa shape index (κ2) is 6.78. The Morgan fingerprint density at radius 2 is 2.00 bits per heavy atom. The number of ether oxygens (including phenoxy) is 1. The van der Waals surface area contributed by atoms with Crippen LogP contribution in [0.4, 0.5) is 0 Å². The second-order valence-electron chi connectivity index (χ2n) is 5.49. The average molecular weight is 396 g/mol. The zero-order valence-electron chi connectivity index (χ0n) is 14.1. The summed E-state index contributed by atoms with van der Waals surface area (Å²) in [5.41, 5.74) is 1.31. The standard InChI is InChI=1S/C17H15Cl2N3O2S/c1-8-9(2)25-16-14(8)17(23)22(10(3)21-16)20-7-11-5-12(18)6-13(19)15(11)24-4/h5-7H,1-4H3/b20-7+. The molecule has 0 aliphatic heterocycles. The van der Waals surface area contributed by atoms with Crippen LogP contribution in [0.25, 0.3) is 10.2 Å². The largest absolute Gasteiger partial charge is 0.495 e. The first kappa shape index (κ1) is 17.9. The quantitative estimate of drug-likeness (QED) is 0.609. The Kier molecular flexibility index (Phi) is 4.86. The van der Waals surface area contributed by atoms with E-state index in [-0.39, 0.29) is 5.56 Å². The minimum atomic E-state index is -0.201. The fourth-order valence-corrected chi connectivity index (χ4v) is 4.19. The Morgan fingerprint density at radius 3 is 2.68 bits per heavy atom. The summed E-state index contributed by atoms with van der Waals surface area (Å²) in [5, 5.41) is 5.72. The molecule has 0 aliphatic carbocycles. The van der Waals surface area contributed by atoms with Crippen LogP contribution in [0, 0.1) is 20.8 Å². The van der Waals surface area contributed by atoms with Gasteiger partial charge in [0.1, 0.15) is 16.4 Å². The summed E-state index contributed by atoms with van der Waals surface area (Å²) in [6.45, 7) is 5.63. The Morgan fingerprint density at radius 1 is 1.28 bits per heavy atom. The van der Waals surface area contributed by atoms with Gasteiger partial charge in [-0.3, -0.25) is 4.79 Å². The van der Waals surface area contributed by atoms with E-state index in [4.69, 9.17) is 27.9 Å². The number of hydrogen-bond donors (Lipinski definition) is 0. The summed E-state index contributed by atoms with van der Waals surface area (Å²) in [4.78, 5) is 19.1. The zero-order valence-corrected chi connectivity index (χ0v) is 16.4. The van der Waals surface area contributed by atoms with Gasteiger partial charge in [-0.25, -0.2) is 4.98 Å². The summed E-state index contributed by atoms with van der Waals surface area (Å²) < 4.78 is 6.56. The predicted octanol–water partition coefficient (Wildman–Crippen LogP) is 4.58. The van der Waals surface area contributed by atoms with Gasteiger partial charge >= 0.3 is 0 Å². The number of aromatic nitrogens is 2. The normalized spacial score (nSPS) is 11.6. The Bertz CT molecular complexity index is 1070. The molecule has 25 heavy (non-hydrogen) atoms.